The Kier molecular flexibility index (Phi) is 9.68. The van der Waals surface area contributed by atoms with Crippen LogP contribution in [0.15, 0.2) is 65.8 Å². The number of aromatic nitrogens is 4. The van der Waals surface area contributed by atoms with E-state index in [-0.39, 0.29) is 28.3 Å². The molecule has 0 amide bonds. The van der Waals surface area contributed by atoms with Crippen molar-refractivity contribution in [2.24, 2.45) is 11.3 Å². The number of sulfonamides is 1. The normalized spacial score (nSPS) is 17.5. The third kappa shape index (κ3) is 7.55. The van der Waals surface area contributed by atoms with Gasteiger partial charge in [-0.05, 0) is 99.5 Å². The number of nitrogens with one attached hydrogen (secondary N) is 2. The Labute approximate surface area is 299 Å². The Morgan fingerprint density at radius 3 is 2.43 bits per heavy atom. The topological polar surface area (TPSA) is 160 Å². The molecule has 0 aliphatic heterocycles. The monoisotopic (exact) mass is 711 g/mol. The maximum Gasteiger partial charge on any atom is 0.335 e. The van der Waals surface area contributed by atoms with E-state index in [1.54, 1.807) is 6.07 Å². The summed E-state index contributed by atoms with van der Waals surface area (Å²) in [5.41, 5.74) is 4.48. The van der Waals surface area contributed by atoms with Crippen molar-refractivity contribution in [1.82, 2.24) is 25.3 Å². The Morgan fingerprint density at radius 2 is 1.76 bits per heavy atom. The molecule has 3 aliphatic rings. The molecule has 0 bridgehead atoms. The maximum atomic E-state index is 13.5. The number of anilines is 2. The number of benzene rings is 2. The molecule has 1 atom stereocenters. The first-order valence-electron chi connectivity index (χ1n) is 17.7. The summed E-state index contributed by atoms with van der Waals surface area (Å²) in [4.78, 5) is 32.1. The van der Waals surface area contributed by atoms with E-state index >= 15 is 0 Å². The lowest BCUT2D eigenvalue weighted by atomic mass is 9.50. The highest BCUT2D eigenvalue weighted by Gasteiger charge is 2.50. The van der Waals surface area contributed by atoms with Crippen LogP contribution in [0.4, 0.5) is 11.8 Å². The lowest BCUT2D eigenvalue weighted by Crippen LogP contribution is -2.53. The molecule has 3 N–H and O–H groups in total. The van der Waals surface area contributed by atoms with Crippen LogP contribution in [-0.2, 0) is 16.6 Å². The van der Waals surface area contributed by atoms with E-state index in [0.29, 0.717) is 36.2 Å². The third-order valence-corrected chi connectivity index (χ3v) is 12.4. The third-order valence-electron chi connectivity index (χ3n) is 11.0. The van der Waals surface area contributed by atoms with Crippen molar-refractivity contribution in [2.45, 2.75) is 88.7 Å². The number of aryl methyl sites for hydroxylation is 2. The van der Waals surface area contributed by atoms with E-state index in [4.69, 9.17) is 9.72 Å². The van der Waals surface area contributed by atoms with Crippen molar-refractivity contribution < 1.29 is 23.1 Å². The number of carboxylic acid groups (broad SMARTS) is 1. The zero-order valence-electron chi connectivity index (χ0n) is 29.3. The van der Waals surface area contributed by atoms with E-state index in [2.05, 4.69) is 36.9 Å². The van der Waals surface area contributed by atoms with Gasteiger partial charge in [0.1, 0.15) is 12.4 Å². The predicted molar refractivity (Wildman–Crippen MR) is 194 cm³/mol. The van der Waals surface area contributed by atoms with Gasteiger partial charge in [-0.2, -0.15) is 4.98 Å². The molecule has 2 aromatic carbocycles. The molecule has 0 saturated heterocycles. The summed E-state index contributed by atoms with van der Waals surface area (Å²) in [6.07, 6.45) is 13.4. The second-order valence-corrected chi connectivity index (χ2v) is 16.2. The minimum Gasteiger partial charge on any atom is -0.478 e. The number of ether oxygens (including phenoxy) is 1. The lowest BCUT2D eigenvalue weighted by molar-refractivity contribution is -0.0467. The number of rotatable bonds is 14. The van der Waals surface area contributed by atoms with Crippen LogP contribution in [0, 0.1) is 25.2 Å². The van der Waals surface area contributed by atoms with Crippen LogP contribution < -0.4 is 19.7 Å². The first-order chi connectivity index (χ1) is 24.5. The SMILES string of the molecule is Cc1cccc(C)c1-c1cc(OCC(NCc2cncc(N(C)C3CCC3)n2)C2CC3(CCC3)C2)nc(NS(=O)(=O)c2cccc(C(=O)O)c2)n1. The highest BCUT2D eigenvalue weighted by molar-refractivity contribution is 7.92. The predicted octanol–water partition coefficient (Wildman–Crippen LogP) is 6.16. The molecule has 3 fully saturated rings. The number of hydrogen-bond acceptors (Lipinski definition) is 10. The maximum absolute atomic E-state index is 13.5. The molecule has 2 heterocycles. The summed E-state index contributed by atoms with van der Waals surface area (Å²) in [7, 11) is -2.14. The van der Waals surface area contributed by atoms with Gasteiger partial charge >= 0.3 is 5.97 Å². The molecular weight excluding hydrogens is 667 g/mol. The van der Waals surface area contributed by atoms with E-state index in [9.17, 15) is 18.3 Å². The summed E-state index contributed by atoms with van der Waals surface area (Å²) < 4.78 is 35.8. The molecule has 1 unspecified atom stereocenters. The second kappa shape index (κ2) is 14.2. The van der Waals surface area contributed by atoms with Crippen molar-refractivity contribution >= 4 is 27.8 Å². The summed E-state index contributed by atoms with van der Waals surface area (Å²) >= 11 is 0. The Morgan fingerprint density at radius 1 is 1.02 bits per heavy atom. The fourth-order valence-electron chi connectivity index (χ4n) is 7.67. The van der Waals surface area contributed by atoms with Gasteiger partial charge in [-0.1, -0.05) is 30.7 Å². The van der Waals surface area contributed by atoms with Crippen molar-refractivity contribution in [2.75, 3.05) is 23.3 Å². The number of carboxylic acids is 1. The molecule has 1 spiro atoms. The number of hydrogen-bond donors (Lipinski definition) is 3. The van der Waals surface area contributed by atoms with Crippen LogP contribution in [0.5, 0.6) is 5.88 Å². The number of carbonyl (C=O) groups is 1. The minimum absolute atomic E-state index is 0.00329. The van der Waals surface area contributed by atoms with Gasteiger partial charge in [0.05, 0.1) is 28.0 Å². The highest BCUT2D eigenvalue weighted by Crippen LogP contribution is 2.59. The summed E-state index contributed by atoms with van der Waals surface area (Å²) in [6.45, 7) is 4.79. The van der Waals surface area contributed by atoms with Crippen molar-refractivity contribution in [1.29, 1.82) is 0 Å². The van der Waals surface area contributed by atoms with Crippen LogP contribution in [0.25, 0.3) is 11.3 Å². The van der Waals surface area contributed by atoms with Gasteiger partial charge in [-0.25, -0.2) is 27.9 Å². The quantitative estimate of drug-likeness (QED) is 0.138. The fourth-order valence-corrected chi connectivity index (χ4v) is 8.66. The lowest BCUT2D eigenvalue weighted by Gasteiger charge is -2.56. The minimum atomic E-state index is -4.23. The average molecular weight is 712 g/mol. The molecule has 4 aromatic rings. The van der Waals surface area contributed by atoms with Gasteiger partial charge in [0.25, 0.3) is 10.0 Å². The number of aromatic carboxylic acids is 1. The summed E-state index contributed by atoms with van der Waals surface area (Å²) in [5.74, 6) is 0.129. The van der Waals surface area contributed by atoms with Crippen molar-refractivity contribution in [3.05, 3.63) is 83.3 Å². The van der Waals surface area contributed by atoms with Gasteiger partial charge < -0.3 is 20.1 Å². The molecule has 7 rings (SSSR count). The number of nitrogens with zero attached hydrogens (tertiary/aromatic N) is 5. The van der Waals surface area contributed by atoms with Gasteiger partial charge in [0.2, 0.25) is 11.8 Å². The molecule has 0 radical (unpaired) electrons. The first-order valence-corrected chi connectivity index (χ1v) is 19.2. The van der Waals surface area contributed by atoms with Crippen molar-refractivity contribution in [3.63, 3.8) is 0 Å². The zero-order chi connectivity index (χ0) is 35.8. The van der Waals surface area contributed by atoms with Crippen LogP contribution in [0.2, 0.25) is 0 Å². The van der Waals surface area contributed by atoms with E-state index in [1.807, 2.05) is 44.4 Å². The average Bonchev–Trinajstić information content (AvgIpc) is 3.03. The van der Waals surface area contributed by atoms with Gasteiger partial charge in [0, 0.05) is 43.5 Å². The van der Waals surface area contributed by atoms with Gasteiger partial charge in [-0.3, -0.25) is 4.98 Å². The highest BCUT2D eigenvalue weighted by atomic mass is 32.2. The molecule has 3 saturated carbocycles. The smallest absolute Gasteiger partial charge is 0.335 e. The Bertz CT molecular complexity index is 2000. The Balaban J connectivity index is 1.14. The van der Waals surface area contributed by atoms with Crippen LogP contribution in [0.1, 0.15) is 78.5 Å². The van der Waals surface area contributed by atoms with E-state index in [1.165, 1.54) is 56.7 Å². The summed E-state index contributed by atoms with van der Waals surface area (Å²) in [6, 6.07) is 13.3. The van der Waals surface area contributed by atoms with Crippen molar-refractivity contribution in [3.8, 4) is 17.1 Å². The molecule has 268 valence electrons. The van der Waals surface area contributed by atoms with Crippen LogP contribution >= 0.6 is 0 Å². The molecule has 51 heavy (non-hydrogen) atoms. The van der Waals surface area contributed by atoms with Crippen LogP contribution in [0.3, 0.4) is 0 Å². The van der Waals surface area contributed by atoms with E-state index < -0.39 is 16.0 Å². The molecule has 12 nitrogen and oxygen atoms in total. The molecule has 3 aliphatic carbocycles. The van der Waals surface area contributed by atoms with Gasteiger partial charge in [0.15, 0.2) is 0 Å². The standard InChI is InChI=1S/C38H45N7O5S/c1-24-8-4-9-25(2)35(24)31-17-34(43-37(42-31)44-51(48,49)30-13-5-10-26(16-30)36(46)47)50-23-32(27-18-38(19-27)14-7-15-38)40-21-28-20-39-22-33(41-28)45(3)29-11-6-12-29/h4-5,8-10,13,16-17,20,22,27,29,32,40H,6-7,11-12,14-15,18-19,21,23H2,1-3H3,(H,46,47)(H,42,43,44). The largest absolute Gasteiger partial charge is 0.478 e. The summed E-state index contributed by atoms with van der Waals surface area (Å²) in [5, 5.41) is 13.1. The zero-order valence-corrected chi connectivity index (χ0v) is 30.1. The second-order valence-electron chi connectivity index (χ2n) is 14.5. The van der Waals surface area contributed by atoms with Gasteiger partial charge in [-0.15, -0.1) is 0 Å². The first kappa shape index (κ1) is 34.8. The van der Waals surface area contributed by atoms with Crippen LogP contribution in [-0.4, -0.2) is 65.2 Å². The Hall–Kier alpha value is -4.62. The molecule has 2 aromatic heterocycles. The fraction of sp³-hybridized carbons (Fsp3) is 0.447. The molecular formula is C38H45N7O5S. The molecule has 13 heteroatoms. The van der Waals surface area contributed by atoms with E-state index in [0.717, 1.165) is 47.1 Å².